The van der Waals surface area contributed by atoms with Crippen molar-refractivity contribution in [3.8, 4) is 0 Å². The van der Waals surface area contributed by atoms with Crippen LogP contribution in [0.4, 0.5) is 0 Å². The highest BCUT2D eigenvalue weighted by Crippen LogP contribution is 1.96. The molecule has 0 radical (unpaired) electrons. The fraction of sp³-hybridized carbons (Fsp3) is 1.00. The second-order valence-electron chi connectivity index (χ2n) is 3.27. The first-order chi connectivity index (χ1) is 5.50. The highest BCUT2D eigenvalue weighted by Gasteiger charge is 1.94. The van der Waals surface area contributed by atoms with E-state index in [4.69, 9.17) is 0 Å². The van der Waals surface area contributed by atoms with Gasteiger partial charge in [0, 0.05) is 2.85 Å². The van der Waals surface area contributed by atoms with Crippen LogP contribution < -0.4 is 10.6 Å². The Kier molecular flexibility index (Phi) is 5.42. The summed E-state index contributed by atoms with van der Waals surface area (Å²) in [5.41, 5.74) is 0. The summed E-state index contributed by atoms with van der Waals surface area (Å²) < 4.78 is 0. The van der Waals surface area contributed by atoms with Gasteiger partial charge < -0.3 is 10.6 Å². The van der Waals surface area contributed by atoms with Crippen molar-refractivity contribution in [3.05, 3.63) is 0 Å². The van der Waals surface area contributed by atoms with Gasteiger partial charge in [0.2, 0.25) is 0 Å². The molecule has 2 nitrogen and oxygen atoms in total. The maximum Gasteiger partial charge on any atom is 0 e. The summed E-state index contributed by atoms with van der Waals surface area (Å²) in [4.78, 5) is 0. The Morgan fingerprint density at radius 3 is 1.09 bits per heavy atom. The lowest BCUT2D eigenvalue weighted by Gasteiger charge is -2.08. The molecule has 0 bridgehead atoms. The van der Waals surface area contributed by atoms with Crippen LogP contribution in [0.3, 0.4) is 0 Å². The van der Waals surface area contributed by atoms with Crippen LogP contribution in [0, 0.1) is 0 Å². The minimum atomic E-state index is 0. The van der Waals surface area contributed by atoms with Gasteiger partial charge in [-0.05, 0) is 51.9 Å². The number of rotatable bonds is 0. The molecule has 0 aromatic rings. The standard InChI is InChI=1S/C5H11N.C4H9N.2H2/c1-2-4-6-5-3-1;1-2-4-5-3-1;;/h6H,1-5H2;5H,1-4H2;2*1H. The first-order valence-corrected chi connectivity index (χ1v) is 4.91. The van der Waals surface area contributed by atoms with E-state index in [0.717, 1.165) is 0 Å². The quantitative estimate of drug-likeness (QED) is 0.563. The molecule has 0 aromatic heterocycles. The highest BCUT2D eigenvalue weighted by atomic mass is 14.9. The van der Waals surface area contributed by atoms with E-state index in [1.807, 2.05) is 0 Å². The molecule has 2 heteroatoms. The van der Waals surface area contributed by atoms with E-state index in [2.05, 4.69) is 10.6 Å². The Balaban J connectivity index is 0. The van der Waals surface area contributed by atoms with E-state index < -0.39 is 0 Å². The number of piperidine rings is 1. The highest BCUT2D eigenvalue weighted by molar-refractivity contribution is 4.55. The van der Waals surface area contributed by atoms with Gasteiger partial charge in [0.05, 0.1) is 0 Å². The fourth-order valence-electron chi connectivity index (χ4n) is 1.43. The van der Waals surface area contributed by atoms with Gasteiger partial charge in [0.25, 0.3) is 0 Å². The normalized spacial score (nSPS) is 24.0. The number of hydrogen-bond acceptors (Lipinski definition) is 2. The van der Waals surface area contributed by atoms with Gasteiger partial charge in [-0.1, -0.05) is 6.42 Å². The summed E-state index contributed by atoms with van der Waals surface area (Å²) in [7, 11) is 0. The third kappa shape index (κ3) is 5.22. The van der Waals surface area contributed by atoms with Crippen molar-refractivity contribution in [2.45, 2.75) is 32.1 Å². The van der Waals surface area contributed by atoms with Crippen LogP contribution in [0.5, 0.6) is 0 Å². The monoisotopic (exact) mass is 160 g/mol. The van der Waals surface area contributed by atoms with Gasteiger partial charge in [-0.3, -0.25) is 0 Å². The van der Waals surface area contributed by atoms with Crippen molar-refractivity contribution in [2.75, 3.05) is 26.2 Å². The molecular formula is C9H24N2. The fourth-order valence-corrected chi connectivity index (χ4v) is 1.43. The first-order valence-electron chi connectivity index (χ1n) is 4.91. The van der Waals surface area contributed by atoms with Crippen LogP contribution >= 0.6 is 0 Å². The summed E-state index contributed by atoms with van der Waals surface area (Å²) in [5, 5.41) is 6.51. The Hall–Kier alpha value is -0.0800. The summed E-state index contributed by atoms with van der Waals surface area (Å²) >= 11 is 0. The Labute approximate surface area is 72.7 Å². The van der Waals surface area contributed by atoms with Crippen LogP contribution in [0.25, 0.3) is 0 Å². The van der Waals surface area contributed by atoms with Crippen molar-refractivity contribution in [3.63, 3.8) is 0 Å². The third-order valence-electron chi connectivity index (χ3n) is 2.16. The lowest BCUT2D eigenvalue weighted by molar-refractivity contribution is 0.520. The van der Waals surface area contributed by atoms with E-state index in [1.165, 1.54) is 58.3 Å². The molecular weight excluding hydrogens is 136 g/mol. The molecule has 0 atom stereocenters. The molecule has 0 aliphatic carbocycles. The second-order valence-corrected chi connectivity index (χ2v) is 3.27. The Morgan fingerprint density at radius 2 is 0.909 bits per heavy atom. The largest absolute Gasteiger partial charge is 0.317 e. The molecule has 2 rings (SSSR count). The van der Waals surface area contributed by atoms with Crippen molar-refractivity contribution in [2.24, 2.45) is 0 Å². The Morgan fingerprint density at radius 1 is 0.545 bits per heavy atom. The minimum absolute atomic E-state index is 0. The summed E-state index contributed by atoms with van der Waals surface area (Å²) in [6, 6.07) is 0. The second kappa shape index (κ2) is 6.62. The molecule has 0 saturated carbocycles. The zero-order chi connectivity index (χ0) is 7.78. The van der Waals surface area contributed by atoms with Gasteiger partial charge in [0.1, 0.15) is 0 Å². The van der Waals surface area contributed by atoms with Gasteiger partial charge >= 0.3 is 0 Å². The smallest absolute Gasteiger partial charge is 0 e. The topological polar surface area (TPSA) is 24.1 Å². The van der Waals surface area contributed by atoms with Crippen LogP contribution in [0.2, 0.25) is 0 Å². The summed E-state index contributed by atoms with van der Waals surface area (Å²) in [6.45, 7) is 5.00. The zero-order valence-electron chi connectivity index (χ0n) is 7.36. The van der Waals surface area contributed by atoms with E-state index in [-0.39, 0.29) is 2.85 Å². The molecule has 0 spiro atoms. The molecule has 2 fully saturated rings. The number of hydrogen-bond donors (Lipinski definition) is 2. The van der Waals surface area contributed by atoms with Crippen LogP contribution in [-0.4, -0.2) is 26.2 Å². The van der Waals surface area contributed by atoms with E-state index in [0.29, 0.717) is 0 Å². The summed E-state index contributed by atoms with van der Waals surface area (Å²) in [6.07, 6.45) is 6.99. The lowest BCUT2D eigenvalue weighted by Crippen LogP contribution is -2.21. The van der Waals surface area contributed by atoms with Gasteiger partial charge in [-0.15, -0.1) is 0 Å². The van der Waals surface area contributed by atoms with Gasteiger partial charge in [-0.25, -0.2) is 0 Å². The van der Waals surface area contributed by atoms with Crippen molar-refractivity contribution in [1.82, 2.24) is 10.6 Å². The molecule has 2 N–H and O–H groups in total. The molecule has 0 aromatic carbocycles. The molecule has 2 aliphatic heterocycles. The van der Waals surface area contributed by atoms with Crippen molar-refractivity contribution < 1.29 is 2.85 Å². The maximum atomic E-state index is 3.28. The third-order valence-corrected chi connectivity index (χ3v) is 2.16. The average molecular weight is 160 g/mol. The Bertz CT molecular complexity index is 64.6. The molecule has 0 amide bonds. The molecule has 11 heavy (non-hydrogen) atoms. The van der Waals surface area contributed by atoms with E-state index in [9.17, 15) is 0 Å². The van der Waals surface area contributed by atoms with Crippen molar-refractivity contribution in [1.29, 1.82) is 0 Å². The minimum Gasteiger partial charge on any atom is -0.317 e. The summed E-state index contributed by atoms with van der Waals surface area (Å²) in [5.74, 6) is 0. The van der Waals surface area contributed by atoms with E-state index >= 15 is 0 Å². The first kappa shape index (κ1) is 9.01. The predicted molar refractivity (Wildman–Crippen MR) is 53.1 cm³/mol. The lowest BCUT2D eigenvalue weighted by atomic mass is 10.2. The van der Waals surface area contributed by atoms with Crippen LogP contribution in [0.1, 0.15) is 35.0 Å². The SMILES string of the molecule is C1CCNC1.C1CCNCC1.[HH].[HH]. The predicted octanol–water partition coefficient (Wildman–Crippen LogP) is 1.62. The van der Waals surface area contributed by atoms with Gasteiger partial charge in [-0.2, -0.15) is 0 Å². The van der Waals surface area contributed by atoms with Crippen LogP contribution in [0.15, 0.2) is 0 Å². The van der Waals surface area contributed by atoms with Gasteiger partial charge in [0.15, 0.2) is 0 Å². The van der Waals surface area contributed by atoms with E-state index in [1.54, 1.807) is 0 Å². The zero-order valence-corrected chi connectivity index (χ0v) is 7.36. The molecule has 0 unspecified atom stereocenters. The number of nitrogens with one attached hydrogen (secondary N) is 2. The average Bonchev–Trinajstić information content (AvgIpc) is 2.64. The van der Waals surface area contributed by atoms with Crippen LogP contribution in [-0.2, 0) is 0 Å². The molecule has 2 saturated heterocycles. The molecule has 2 aliphatic rings. The molecule has 2 heterocycles. The molecule has 70 valence electrons. The maximum absolute atomic E-state index is 3.28. The van der Waals surface area contributed by atoms with Crippen molar-refractivity contribution >= 4 is 0 Å².